The molecule has 4 fully saturated rings. The third-order valence-electron chi connectivity index (χ3n) is 8.60. The number of nitrogens with one attached hydrogen (secondary N) is 1. The highest BCUT2D eigenvalue weighted by molar-refractivity contribution is 7.99. The Morgan fingerprint density at radius 2 is 1.83 bits per heavy atom. The van der Waals surface area contributed by atoms with E-state index in [0.29, 0.717) is 30.9 Å². The van der Waals surface area contributed by atoms with Crippen LogP contribution in [0.4, 0.5) is 0 Å². The van der Waals surface area contributed by atoms with Crippen LogP contribution in [0.15, 0.2) is 24.3 Å². The Labute approximate surface area is 212 Å². The predicted molar refractivity (Wildman–Crippen MR) is 137 cm³/mol. The van der Waals surface area contributed by atoms with E-state index >= 15 is 0 Å². The molecule has 7 nitrogen and oxygen atoms in total. The second kappa shape index (κ2) is 10.2. The molecule has 1 saturated carbocycles. The fraction of sp³-hybridized carbons (Fsp3) is 0.667. The summed E-state index contributed by atoms with van der Waals surface area (Å²) in [5.41, 5.74) is 0.930. The van der Waals surface area contributed by atoms with E-state index in [9.17, 15) is 14.4 Å². The van der Waals surface area contributed by atoms with Crippen LogP contribution in [0.5, 0.6) is 0 Å². The Hall–Kier alpha value is -1.90. The zero-order chi connectivity index (χ0) is 24.6. The molecule has 0 aromatic heterocycles. The van der Waals surface area contributed by atoms with E-state index in [1.165, 1.54) is 5.56 Å². The number of piperidine rings is 1. The number of nitrogens with zero attached hydrogens (tertiary/aromatic N) is 2. The first-order valence-corrected chi connectivity index (χ1v) is 14.4. The summed E-state index contributed by atoms with van der Waals surface area (Å²) < 4.78 is 5.74. The van der Waals surface area contributed by atoms with Crippen molar-refractivity contribution in [2.75, 3.05) is 39.0 Å². The first-order chi connectivity index (χ1) is 17.0. The molecule has 1 aromatic rings. The standard InChI is InChI=1S/C27H37N3O4S/c1-3-29-14-10-19(11-15-29)18-6-8-20(9-7-18)25(32)28-27(12-4-5-13-27)26(33)30-16-22(35-2)24-23(30)21(31)17-34-24/h6-9,19,22-24H,3-5,10-17H2,1-2H3,(H,28,32)/t22-,23+,24+/m0/s1. The molecule has 0 radical (unpaired) electrons. The van der Waals surface area contributed by atoms with Gasteiger partial charge in [-0.2, -0.15) is 11.8 Å². The van der Waals surface area contributed by atoms with Crippen molar-refractivity contribution in [3.63, 3.8) is 0 Å². The molecule has 3 heterocycles. The van der Waals surface area contributed by atoms with Gasteiger partial charge in [-0.15, -0.1) is 0 Å². The van der Waals surface area contributed by atoms with E-state index < -0.39 is 11.6 Å². The van der Waals surface area contributed by atoms with Gasteiger partial charge in [0.2, 0.25) is 5.91 Å². The number of carbonyl (C=O) groups is 3. The highest BCUT2D eigenvalue weighted by Crippen LogP contribution is 2.39. The summed E-state index contributed by atoms with van der Waals surface area (Å²) in [6, 6.07) is 7.43. The highest BCUT2D eigenvalue weighted by Gasteiger charge is 2.56. The molecule has 1 aliphatic carbocycles. The van der Waals surface area contributed by atoms with Crippen LogP contribution in [0.3, 0.4) is 0 Å². The minimum atomic E-state index is -0.941. The van der Waals surface area contributed by atoms with Crippen molar-refractivity contribution in [2.45, 2.75) is 74.3 Å². The summed E-state index contributed by atoms with van der Waals surface area (Å²) in [6.45, 7) is 6.11. The molecule has 190 valence electrons. The minimum Gasteiger partial charge on any atom is -0.367 e. The summed E-state index contributed by atoms with van der Waals surface area (Å²) in [5.74, 6) is 0.183. The number of hydrogen-bond acceptors (Lipinski definition) is 6. The minimum absolute atomic E-state index is 0.0280. The van der Waals surface area contributed by atoms with E-state index in [1.54, 1.807) is 16.7 Å². The number of hydrogen-bond donors (Lipinski definition) is 1. The third-order valence-corrected chi connectivity index (χ3v) is 9.62. The largest absolute Gasteiger partial charge is 0.367 e. The van der Waals surface area contributed by atoms with Crippen molar-refractivity contribution in [1.29, 1.82) is 0 Å². The third kappa shape index (κ3) is 4.65. The van der Waals surface area contributed by atoms with Crippen LogP contribution >= 0.6 is 11.8 Å². The lowest BCUT2D eigenvalue weighted by Crippen LogP contribution is -2.60. The van der Waals surface area contributed by atoms with Gasteiger partial charge in [-0.3, -0.25) is 14.4 Å². The first kappa shape index (κ1) is 24.8. The number of rotatable bonds is 6. The molecule has 0 bridgehead atoms. The molecular weight excluding hydrogens is 462 g/mol. The molecule has 2 amide bonds. The Morgan fingerprint density at radius 1 is 1.14 bits per heavy atom. The van der Waals surface area contributed by atoms with Crippen molar-refractivity contribution in [3.05, 3.63) is 35.4 Å². The van der Waals surface area contributed by atoms with Gasteiger partial charge in [0.05, 0.1) is 11.4 Å². The van der Waals surface area contributed by atoms with Gasteiger partial charge in [0.15, 0.2) is 5.78 Å². The molecule has 3 aliphatic heterocycles. The van der Waals surface area contributed by atoms with Crippen LogP contribution in [0.1, 0.15) is 67.3 Å². The summed E-state index contributed by atoms with van der Waals surface area (Å²) in [4.78, 5) is 44.0. The smallest absolute Gasteiger partial charge is 0.252 e. The Kier molecular flexibility index (Phi) is 7.24. The van der Waals surface area contributed by atoms with E-state index in [1.807, 2.05) is 18.4 Å². The van der Waals surface area contributed by atoms with Crippen molar-refractivity contribution in [3.8, 4) is 0 Å². The lowest BCUT2D eigenvalue weighted by Gasteiger charge is -2.35. The van der Waals surface area contributed by atoms with Gasteiger partial charge in [0.25, 0.3) is 5.91 Å². The van der Waals surface area contributed by atoms with Crippen molar-refractivity contribution in [2.24, 2.45) is 0 Å². The van der Waals surface area contributed by atoms with E-state index in [4.69, 9.17) is 4.74 Å². The highest BCUT2D eigenvalue weighted by atomic mass is 32.2. The van der Waals surface area contributed by atoms with Crippen molar-refractivity contribution < 1.29 is 19.1 Å². The number of likely N-dealkylation sites (tertiary alicyclic amines) is 2. The Balaban J connectivity index is 1.29. The van der Waals surface area contributed by atoms with Crippen molar-refractivity contribution in [1.82, 2.24) is 15.1 Å². The van der Waals surface area contributed by atoms with Gasteiger partial charge in [0, 0.05) is 12.1 Å². The number of benzene rings is 1. The molecule has 0 spiro atoms. The summed E-state index contributed by atoms with van der Waals surface area (Å²) in [5, 5.41) is 3.21. The quantitative estimate of drug-likeness (QED) is 0.649. The molecule has 1 N–H and O–H groups in total. The topological polar surface area (TPSA) is 79.0 Å². The summed E-state index contributed by atoms with van der Waals surface area (Å²) in [7, 11) is 0. The summed E-state index contributed by atoms with van der Waals surface area (Å²) >= 11 is 1.64. The zero-order valence-corrected chi connectivity index (χ0v) is 21.6. The number of amides is 2. The molecule has 35 heavy (non-hydrogen) atoms. The average molecular weight is 500 g/mol. The van der Waals surface area contributed by atoms with Crippen LogP contribution in [-0.2, 0) is 14.3 Å². The molecule has 3 saturated heterocycles. The monoisotopic (exact) mass is 499 g/mol. The Bertz CT molecular complexity index is 954. The zero-order valence-electron chi connectivity index (χ0n) is 20.8. The van der Waals surface area contributed by atoms with E-state index in [-0.39, 0.29) is 35.6 Å². The number of Topliss-reactive ketones (excluding diaryl/α,β-unsaturated/α-hetero) is 1. The van der Waals surface area contributed by atoms with Crippen LogP contribution in [-0.4, -0.2) is 89.4 Å². The molecule has 4 aliphatic rings. The molecule has 5 rings (SSSR count). The van der Waals surface area contributed by atoms with Crippen LogP contribution in [0.2, 0.25) is 0 Å². The number of thioether (sulfide) groups is 1. The fourth-order valence-corrected chi connectivity index (χ4v) is 7.26. The van der Waals surface area contributed by atoms with Gasteiger partial charge < -0.3 is 19.9 Å². The lowest BCUT2D eigenvalue weighted by molar-refractivity contribution is -0.141. The van der Waals surface area contributed by atoms with Gasteiger partial charge in [-0.05, 0) is 75.2 Å². The molecular formula is C27H37N3O4S. The second-order valence-corrected chi connectivity index (χ2v) is 11.6. The summed E-state index contributed by atoms with van der Waals surface area (Å²) in [6.07, 6.45) is 7.04. The average Bonchev–Trinajstić information content (AvgIpc) is 3.61. The van der Waals surface area contributed by atoms with Gasteiger partial charge in [-0.1, -0.05) is 31.9 Å². The number of carbonyl (C=O) groups excluding carboxylic acids is 3. The maximum Gasteiger partial charge on any atom is 0.252 e. The molecule has 0 unspecified atom stereocenters. The van der Waals surface area contributed by atoms with Crippen molar-refractivity contribution >= 4 is 29.4 Å². The van der Waals surface area contributed by atoms with Gasteiger partial charge in [0.1, 0.15) is 18.2 Å². The number of ketones is 1. The fourth-order valence-electron chi connectivity index (χ4n) is 6.45. The molecule has 8 heteroatoms. The first-order valence-electron chi connectivity index (χ1n) is 13.1. The maximum atomic E-state index is 13.9. The van der Waals surface area contributed by atoms with Gasteiger partial charge in [-0.25, -0.2) is 0 Å². The maximum absolute atomic E-state index is 13.9. The SMILES string of the molecule is CCN1CCC(c2ccc(C(=O)NC3(C(=O)N4C[C@H](SC)[C@H]5OCC(=O)[C@H]54)CCCC3)cc2)CC1. The predicted octanol–water partition coefficient (Wildman–Crippen LogP) is 2.84. The second-order valence-electron chi connectivity index (χ2n) is 10.5. The lowest BCUT2D eigenvalue weighted by atomic mass is 9.89. The van der Waals surface area contributed by atoms with Crippen LogP contribution in [0.25, 0.3) is 0 Å². The van der Waals surface area contributed by atoms with E-state index in [2.05, 4.69) is 29.3 Å². The molecule has 1 aromatic carbocycles. The number of ether oxygens (including phenoxy) is 1. The van der Waals surface area contributed by atoms with Crippen LogP contribution < -0.4 is 5.32 Å². The Morgan fingerprint density at radius 3 is 2.46 bits per heavy atom. The van der Waals surface area contributed by atoms with E-state index in [0.717, 1.165) is 45.3 Å². The van der Waals surface area contributed by atoms with Crippen LogP contribution in [0, 0.1) is 0 Å². The number of fused-ring (bicyclic) bond motifs is 1. The normalized spacial score (nSPS) is 28.9. The molecule has 3 atom stereocenters. The van der Waals surface area contributed by atoms with Gasteiger partial charge >= 0.3 is 0 Å².